The minimum absolute atomic E-state index is 0.195. The number of pyridine rings is 1. The molecule has 1 aromatic rings. The van der Waals surface area contributed by atoms with Crippen molar-refractivity contribution in [2.24, 2.45) is 52.3 Å². The van der Waals surface area contributed by atoms with E-state index in [1.165, 1.54) is 25.7 Å². The quantitative estimate of drug-likeness (QED) is 0.308. The summed E-state index contributed by atoms with van der Waals surface area (Å²) >= 11 is 0. The van der Waals surface area contributed by atoms with Crippen molar-refractivity contribution in [2.75, 3.05) is 6.61 Å². The molecule has 8 heteroatoms. The van der Waals surface area contributed by atoms with Crippen LogP contribution in [0.4, 0.5) is 0 Å². The molecule has 1 saturated heterocycles. The fourth-order valence-electron chi connectivity index (χ4n) is 11.1. The van der Waals surface area contributed by atoms with Gasteiger partial charge in [-0.3, -0.25) is 18.6 Å². The number of aliphatic hydroxyl groups excluding tert-OH is 2. The second kappa shape index (κ2) is 11.8. The topological polar surface area (TPSA) is 98.1 Å². The number of aromatic nitrogens is 1. The number of fused-ring (bicyclic) bond motifs is 5. The molecule has 0 amide bonds. The lowest BCUT2D eigenvalue weighted by Gasteiger charge is -2.64. The van der Waals surface area contributed by atoms with Gasteiger partial charge in [0.2, 0.25) is 0 Å². The first-order valence-corrected chi connectivity index (χ1v) is 18.3. The summed E-state index contributed by atoms with van der Waals surface area (Å²) in [5, 5.41) is 22.5. The Morgan fingerprint density at radius 3 is 2.48 bits per heavy atom. The van der Waals surface area contributed by atoms with Gasteiger partial charge in [-0.05, 0) is 128 Å². The maximum Gasteiger partial charge on any atom is 0.475 e. The molecule has 4 aliphatic carbocycles. The van der Waals surface area contributed by atoms with Crippen LogP contribution in [0.2, 0.25) is 0 Å². The van der Waals surface area contributed by atoms with Crippen LogP contribution in [-0.2, 0) is 18.1 Å². The molecule has 2 heterocycles. The Bertz CT molecular complexity index is 1140. The van der Waals surface area contributed by atoms with Gasteiger partial charge in [0.1, 0.15) is 0 Å². The van der Waals surface area contributed by atoms with Gasteiger partial charge in [-0.2, -0.15) is 0 Å². The lowest BCUT2D eigenvalue weighted by Crippen LogP contribution is -2.62. The number of aliphatic hydroxyl groups is 2. The van der Waals surface area contributed by atoms with Crippen LogP contribution in [0.25, 0.3) is 0 Å². The van der Waals surface area contributed by atoms with Crippen LogP contribution < -0.4 is 0 Å². The molecular weight excluding hydrogens is 549 g/mol. The van der Waals surface area contributed by atoms with E-state index in [2.05, 4.69) is 32.7 Å². The standard InChI is InChI=1S/C34H54NO6P/c1-6-25-29-20-24(36)9-14-34(29,5)28-10-15-33(4)26(7-8-27(33)31(28)32(25)37)21(2)13-18-39-42(38)40-22(3)19-30(41-42)23-11-16-35-17-12-23/h11-12,16-17,21-22,24-32,36-37H,6-10,13-15,18-20H2,1-5H3/t21-,22?,24-,25-,26-,27?,28?,29?,30+,31?,32-,33-,34-,42+/m1/s1. The predicted molar refractivity (Wildman–Crippen MR) is 162 cm³/mol. The Kier molecular flexibility index (Phi) is 8.79. The summed E-state index contributed by atoms with van der Waals surface area (Å²) in [5.74, 6) is 3.10. The smallest absolute Gasteiger partial charge is 0.393 e. The summed E-state index contributed by atoms with van der Waals surface area (Å²) < 4.78 is 31.1. The molecule has 4 saturated carbocycles. The third-order valence-corrected chi connectivity index (χ3v) is 14.8. The average molecular weight is 604 g/mol. The summed E-state index contributed by atoms with van der Waals surface area (Å²) in [4.78, 5) is 4.08. The molecule has 14 atom stereocenters. The second-order valence-electron chi connectivity index (χ2n) is 15.2. The zero-order chi connectivity index (χ0) is 29.9. The van der Waals surface area contributed by atoms with Crippen LogP contribution >= 0.6 is 7.82 Å². The lowest BCUT2D eigenvalue weighted by atomic mass is 9.41. The van der Waals surface area contributed by atoms with E-state index >= 15 is 0 Å². The molecule has 1 aromatic heterocycles. The van der Waals surface area contributed by atoms with E-state index in [1.807, 2.05) is 19.1 Å². The van der Waals surface area contributed by atoms with Crippen LogP contribution in [0.3, 0.4) is 0 Å². The van der Waals surface area contributed by atoms with E-state index in [0.29, 0.717) is 48.5 Å². The van der Waals surface area contributed by atoms with Crippen molar-refractivity contribution in [1.82, 2.24) is 4.98 Å². The summed E-state index contributed by atoms with van der Waals surface area (Å²) in [6, 6.07) is 3.79. The van der Waals surface area contributed by atoms with Crippen LogP contribution in [-0.4, -0.2) is 40.1 Å². The zero-order valence-corrected chi connectivity index (χ0v) is 27.3. The fourth-order valence-corrected chi connectivity index (χ4v) is 12.7. The molecule has 2 N–H and O–H groups in total. The average Bonchev–Trinajstić information content (AvgIpc) is 3.31. The molecule has 0 radical (unpaired) electrons. The van der Waals surface area contributed by atoms with Crippen molar-refractivity contribution in [2.45, 2.75) is 123 Å². The Morgan fingerprint density at radius 2 is 1.74 bits per heavy atom. The first kappa shape index (κ1) is 31.2. The number of rotatable bonds is 7. The van der Waals surface area contributed by atoms with Gasteiger partial charge in [0.25, 0.3) is 0 Å². The van der Waals surface area contributed by atoms with Crippen molar-refractivity contribution in [3.05, 3.63) is 30.1 Å². The third-order valence-electron chi connectivity index (χ3n) is 13.2. The van der Waals surface area contributed by atoms with Gasteiger partial charge in [-0.25, -0.2) is 4.57 Å². The Morgan fingerprint density at radius 1 is 1.02 bits per heavy atom. The van der Waals surface area contributed by atoms with Gasteiger partial charge in [-0.1, -0.05) is 34.1 Å². The van der Waals surface area contributed by atoms with Gasteiger partial charge in [0, 0.05) is 18.8 Å². The molecule has 0 bridgehead atoms. The van der Waals surface area contributed by atoms with Crippen LogP contribution in [0.5, 0.6) is 0 Å². The summed E-state index contributed by atoms with van der Waals surface area (Å²) in [7, 11) is -3.66. The fraction of sp³-hybridized carbons (Fsp3) is 0.853. The number of hydrogen-bond acceptors (Lipinski definition) is 7. The van der Waals surface area contributed by atoms with Gasteiger partial charge < -0.3 is 10.2 Å². The second-order valence-corrected chi connectivity index (χ2v) is 16.8. The molecule has 5 aliphatic rings. The van der Waals surface area contributed by atoms with E-state index in [-0.39, 0.29) is 41.2 Å². The SMILES string of the molecule is CC[C@@H]1C2C[C@H](O)CC[C@]2(C)C2CC[C@@]3(C)C(CC[C@@H]3[C@H](C)CCO[P@@]3(=O)OC(C)C[C@@H](c4ccncc4)O3)C2[C@@H]1O. The van der Waals surface area contributed by atoms with Crippen LogP contribution in [0.1, 0.15) is 110 Å². The van der Waals surface area contributed by atoms with Crippen molar-refractivity contribution in [1.29, 1.82) is 0 Å². The minimum Gasteiger partial charge on any atom is -0.393 e. The number of nitrogens with zero attached hydrogens (tertiary/aromatic N) is 1. The first-order valence-electron chi connectivity index (χ1n) is 16.9. The highest BCUT2D eigenvalue weighted by atomic mass is 31.2. The third kappa shape index (κ3) is 5.36. The van der Waals surface area contributed by atoms with Crippen LogP contribution in [0, 0.1) is 52.3 Å². The summed E-state index contributed by atoms with van der Waals surface area (Å²) in [6.07, 6.45) is 12.5. The molecule has 0 spiro atoms. The van der Waals surface area contributed by atoms with Crippen LogP contribution in [0.15, 0.2) is 24.5 Å². The summed E-state index contributed by atoms with van der Waals surface area (Å²) in [5.41, 5.74) is 1.36. The van der Waals surface area contributed by atoms with Gasteiger partial charge in [0.15, 0.2) is 0 Å². The highest BCUT2D eigenvalue weighted by Gasteiger charge is 2.64. The molecule has 6 rings (SSSR count). The molecule has 5 fully saturated rings. The highest BCUT2D eigenvalue weighted by Crippen LogP contribution is 2.69. The van der Waals surface area contributed by atoms with E-state index < -0.39 is 7.82 Å². The van der Waals surface area contributed by atoms with Crippen molar-refractivity contribution in [3.63, 3.8) is 0 Å². The normalized spacial score (nSPS) is 49.5. The largest absolute Gasteiger partial charge is 0.475 e. The van der Waals surface area contributed by atoms with E-state index in [0.717, 1.165) is 37.7 Å². The van der Waals surface area contributed by atoms with Gasteiger partial charge in [-0.15, -0.1) is 0 Å². The van der Waals surface area contributed by atoms with Crippen molar-refractivity contribution >= 4 is 7.82 Å². The molecule has 7 nitrogen and oxygen atoms in total. The maximum atomic E-state index is 13.5. The lowest BCUT2D eigenvalue weighted by molar-refractivity contribution is -0.203. The molecule has 0 aromatic carbocycles. The molecule has 1 aliphatic heterocycles. The zero-order valence-electron chi connectivity index (χ0n) is 26.4. The maximum absolute atomic E-state index is 13.5. The van der Waals surface area contributed by atoms with E-state index in [1.54, 1.807) is 12.4 Å². The molecule has 42 heavy (non-hydrogen) atoms. The Hall–Kier alpha value is -0.820. The monoisotopic (exact) mass is 603 g/mol. The molecule has 5 unspecified atom stereocenters. The van der Waals surface area contributed by atoms with E-state index in [9.17, 15) is 14.8 Å². The van der Waals surface area contributed by atoms with Crippen molar-refractivity contribution in [3.8, 4) is 0 Å². The first-order chi connectivity index (χ1) is 20.0. The van der Waals surface area contributed by atoms with Gasteiger partial charge in [0.05, 0.1) is 31.0 Å². The number of phosphoric acid groups is 1. The van der Waals surface area contributed by atoms with Crippen molar-refractivity contribution < 1.29 is 28.3 Å². The van der Waals surface area contributed by atoms with Gasteiger partial charge >= 0.3 is 7.82 Å². The number of phosphoric ester groups is 1. The highest BCUT2D eigenvalue weighted by molar-refractivity contribution is 7.48. The Balaban J connectivity index is 1.12. The Labute approximate surface area is 253 Å². The van der Waals surface area contributed by atoms with E-state index in [4.69, 9.17) is 13.6 Å². The summed E-state index contributed by atoms with van der Waals surface area (Å²) in [6.45, 7) is 11.9. The molecule has 236 valence electrons. The molecular formula is C34H54NO6P. The predicted octanol–water partition coefficient (Wildman–Crippen LogP) is 7.73. The minimum atomic E-state index is -3.66. The number of hydrogen-bond donors (Lipinski definition) is 2.